The Morgan fingerprint density at radius 1 is 0.591 bits per heavy atom. The Hall–Kier alpha value is -2.52. The average molecular weight is 613 g/mol. The Labute approximate surface area is 272 Å². The summed E-state index contributed by atoms with van der Waals surface area (Å²) in [6.45, 7) is 37.1. The molecule has 3 aliphatic carbocycles. The van der Waals surface area contributed by atoms with Gasteiger partial charge < -0.3 is 0 Å². The summed E-state index contributed by atoms with van der Waals surface area (Å²) < 4.78 is 0. The van der Waals surface area contributed by atoms with Gasteiger partial charge in [-0.1, -0.05) is 118 Å². The van der Waals surface area contributed by atoms with Crippen LogP contribution in [0, 0.1) is 32.5 Å². The Bertz CT molecular complexity index is 1590. The van der Waals surface area contributed by atoms with E-state index >= 15 is 0 Å². The molecule has 0 spiro atoms. The molecule has 1 heterocycles. The maximum atomic E-state index is 13.9. The zero-order valence-electron chi connectivity index (χ0n) is 30.6. The first kappa shape index (κ1) is 34.4. The van der Waals surface area contributed by atoms with Crippen LogP contribution in [0.15, 0.2) is 69.4 Å². The van der Waals surface area contributed by atoms with Gasteiger partial charge in [-0.25, -0.2) is 0 Å². The predicted octanol–water partition coefficient (Wildman–Crippen LogP) is 11.8. The van der Waals surface area contributed by atoms with Gasteiger partial charge in [0.15, 0.2) is 11.6 Å². The van der Waals surface area contributed by atoms with Gasteiger partial charge in [-0.2, -0.15) is 0 Å². The number of hydrogen-bond donors (Lipinski definition) is 0. The molecule has 2 nitrogen and oxygen atoms in total. The van der Waals surface area contributed by atoms with E-state index in [2.05, 4.69) is 148 Å². The lowest BCUT2D eigenvalue weighted by molar-refractivity contribution is -0.115. The fourth-order valence-corrected chi connectivity index (χ4v) is 8.57. The minimum absolute atomic E-state index is 0.148. The third-order valence-corrected chi connectivity index (χ3v) is 10.3. The second-order valence-electron chi connectivity index (χ2n) is 18.7. The fraction of sp³-hybridized carbons (Fsp3) is 0.561. The van der Waals surface area contributed by atoms with Gasteiger partial charge in [0, 0.05) is 37.5 Å². The Morgan fingerprint density at radius 3 is 1.45 bits per heavy atom. The Morgan fingerprint density at radius 2 is 1.05 bits per heavy atom. The van der Waals surface area contributed by atoms with Crippen molar-refractivity contribution in [2.75, 3.05) is 0 Å². The van der Waals surface area contributed by atoms with Crippen molar-refractivity contribution in [2.45, 2.75) is 118 Å². The maximum Gasteiger partial charge on any atom is 0.186 e. The SMILES string of the molecule is CC(C)(C)C1=CC(=C(c2ccc(C3=C4C=C(C(C)(C)C)C(=O)C(C(C)(C)C)=C4C3(C)C)s2)C(C)(C)C)C=C(C(C)(C)C)C1=O. The van der Waals surface area contributed by atoms with Crippen LogP contribution < -0.4 is 0 Å². The van der Waals surface area contributed by atoms with Crippen molar-refractivity contribution in [3.63, 3.8) is 0 Å². The van der Waals surface area contributed by atoms with Gasteiger partial charge >= 0.3 is 0 Å². The third kappa shape index (κ3) is 5.79. The number of rotatable bonds is 2. The van der Waals surface area contributed by atoms with Gasteiger partial charge in [-0.15, -0.1) is 11.3 Å². The molecule has 4 rings (SSSR count). The molecule has 0 N–H and O–H groups in total. The highest BCUT2D eigenvalue weighted by molar-refractivity contribution is 7.14. The highest BCUT2D eigenvalue weighted by Crippen LogP contribution is 2.63. The van der Waals surface area contributed by atoms with Gasteiger partial charge in [-0.3, -0.25) is 9.59 Å². The summed E-state index contributed by atoms with van der Waals surface area (Å²) >= 11 is 1.84. The molecule has 0 atom stereocenters. The summed E-state index contributed by atoms with van der Waals surface area (Å²) in [5.41, 5.74) is 8.39. The summed E-state index contributed by atoms with van der Waals surface area (Å²) in [7, 11) is 0. The lowest BCUT2D eigenvalue weighted by atomic mass is 9.54. The summed E-state index contributed by atoms with van der Waals surface area (Å²) in [4.78, 5) is 30.2. The molecule has 0 aromatic carbocycles. The first-order valence-corrected chi connectivity index (χ1v) is 17.0. The molecular weight excluding hydrogens is 557 g/mol. The molecule has 0 amide bonds. The van der Waals surface area contributed by atoms with Crippen LogP contribution in [-0.2, 0) is 9.59 Å². The van der Waals surface area contributed by atoms with Crippen molar-refractivity contribution in [3.8, 4) is 0 Å². The van der Waals surface area contributed by atoms with Crippen molar-refractivity contribution in [3.05, 3.63) is 79.1 Å². The third-order valence-electron chi connectivity index (χ3n) is 9.20. The van der Waals surface area contributed by atoms with Gasteiger partial charge in [0.05, 0.1) is 0 Å². The minimum atomic E-state index is -0.262. The Kier molecular flexibility index (Phi) is 8.00. The van der Waals surface area contributed by atoms with Gasteiger partial charge in [0.2, 0.25) is 0 Å². The number of hydrogen-bond acceptors (Lipinski definition) is 3. The number of fused-ring (bicyclic) bond motifs is 1. The molecule has 0 saturated carbocycles. The van der Waals surface area contributed by atoms with E-state index in [1.807, 2.05) is 11.3 Å². The molecule has 0 bridgehead atoms. The second kappa shape index (κ2) is 10.2. The minimum Gasteiger partial charge on any atom is -0.289 e. The Balaban J connectivity index is 2.02. The molecular formula is C41H56O2S. The van der Waals surface area contributed by atoms with Crippen LogP contribution in [0.3, 0.4) is 0 Å². The van der Waals surface area contributed by atoms with Crippen LogP contribution in [0.25, 0.3) is 11.1 Å². The zero-order valence-corrected chi connectivity index (χ0v) is 31.4. The summed E-state index contributed by atoms with van der Waals surface area (Å²) in [6.07, 6.45) is 6.52. The van der Waals surface area contributed by atoms with Gasteiger partial charge in [-0.05, 0) is 85.3 Å². The van der Waals surface area contributed by atoms with Crippen LogP contribution in [0.1, 0.15) is 127 Å². The topological polar surface area (TPSA) is 34.1 Å². The van der Waals surface area contributed by atoms with E-state index in [0.717, 1.165) is 27.9 Å². The highest BCUT2D eigenvalue weighted by atomic mass is 32.1. The smallest absolute Gasteiger partial charge is 0.186 e. The molecule has 1 aromatic rings. The van der Waals surface area contributed by atoms with E-state index in [-0.39, 0.29) is 44.1 Å². The molecule has 44 heavy (non-hydrogen) atoms. The van der Waals surface area contributed by atoms with Crippen molar-refractivity contribution >= 4 is 34.0 Å². The van der Waals surface area contributed by atoms with Crippen LogP contribution in [0.5, 0.6) is 0 Å². The maximum absolute atomic E-state index is 13.9. The molecule has 3 aliphatic rings. The highest BCUT2D eigenvalue weighted by Gasteiger charge is 2.51. The number of carbonyl (C=O) groups excluding carboxylic acids is 2. The predicted molar refractivity (Wildman–Crippen MR) is 191 cm³/mol. The fourth-order valence-electron chi connectivity index (χ4n) is 7.06. The lowest BCUT2D eigenvalue weighted by Crippen LogP contribution is -2.39. The number of Topliss-reactive ketones (excluding diaryl/α,β-unsaturated/α-hetero) is 2. The molecule has 0 aliphatic heterocycles. The van der Waals surface area contributed by atoms with E-state index < -0.39 is 0 Å². The standard InChI is InChI=1S/C41H56O2S/c1-36(2,3)25-20-23(21-26(34(25)42)37(4,5)6)30(39(10,11)12)28-18-19-29(44-28)31-24-22-27(38(7,8)9)35(43)33(40(13,14)15)32(24)41(31,16)17/h18-22H,1-17H3. The van der Waals surface area contributed by atoms with Crippen LogP contribution >= 0.6 is 11.3 Å². The summed E-state index contributed by atoms with van der Waals surface area (Å²) in [6, 6.07) is 4.55. The van der Waals surface area contributed by atoms with E-state index in [9.17, 15) is 9.59 Å². The average Bonchev–Trinajstić information content (AvgIpc) is 3.24. The van der Waals surface area contributed by atoms with Crippen LogP contribution in [-0.4, -0.2) is 11.6 Å². The normalized spacial score (nSPS) is 19.9. The van der Waals surface area contributed by atoms with E-state index in [4.69, 9.17) is 0 Å². The summed E-state index contributed by atoms with van der Waals surface area (Å²) in [5.74, 6) is 0.372. The number of carbonyl (C=O) groups is 2. The van der Waals surface area contributed by atoms with Crippen molar-refractivity contribution in [2.24, 2.45) is 32.5 Å². The largest absolute Gasteiger partial charge is 0.289 e. The molecule has 0 unspecified atom stereocenters. The number of allylic oxidation sites excluding steroid dienone is 12. The zero-order chi connectivity index (χ0) is 33.7. The van der Waals surface area contributed by atoms with Crippen LogP contribution in [0.2, 0.25) is 0 Å². The molecule has 238 valence electrons. The molecule has 3 heteroatoms. The van der Waals surface area contributed by atoms with E-state index in [1.165, 1.54) is 32.0 Å². The summed E-state index contributed by atoms with van der Waals surface area (Å²) in [5, 5.41) is 0. The van der Waals surface area contributed by atoms with Crippen LogP contribution in [0.4, 0.5) is 0 Å². The molecule has 0 saturated heterocycles. The molecule has 0 radical (unpaired) electrons. The molecule has 1 aromatic heterocycles. The van der Waals surface area contributed by atoms with Gasteiger partial charge in [0.25, 0.3) is 0 Å². The van der Waals surface area contributed by atoms with Crippen molar-refractivity contribution < 1.29 is 9.59 Å². The quantitative estimate of drug-likeness (QED) is 0.333. The monoisotopic (exact) mass is 612 g/mol. The van der Waals surface area contributed by atoms with Gasteiger partial charge in [0.1, 0.15) is 0 Å². The molecule has 0 fully saturated rings. The van der Waals surface area contributed by atoms with Crippen molar-refractivity contribution in [1.29, 1.82) is 0 Å². The lowest BCUT2D eigenvalue weighted by Gasteiger charge is -2.49. The van der Waals surface area contributed by atoms with E-state index in [1.54, 1.807) is 0 Å². The first-order valence-electron chi connectivity index (χ1n) is 16.2. The number of thiophene rings is 1. The second-order valence-corrected chi connectivity index (χ2v) is 19.8. The van der Waals surface area contributed by atoms with E-state index in [0.29, 0.717) is 0 Å². The van der Waals surface area contributed by atoms with Crippen molar-refractivity contribution in [1.82, 2.24) is 0 Å². The first-order chi connectivity index (χ1) is 19.6. The number of ketones is 2.